The van der Waals surface area contributed by atoms with Crippen molar-refractivity contribution in [3.63, 3.8) is 0 Å². The maximum Gasteiger partial charge on any atom is 0.161 e. The number of thiocarbonyl (C=S) groups is 1. The standard InChI is InChI=1S/C23H21Cl2NO2S/c1-15-5-3-4-6-18(15)13-26-23(29)17-8-10-21(22(12-17)27-2)28-14-16-7-9-19(24)20(25)11-16/h3-12H,13-14H2,1-2H3,(H,26,29). The van der Waals surface area contributed by atoms with Gasteiger partial charge in [0.2, 0.25) is 0 Å². The molecule has 3 aromatic carbocycles. The lowest BCUT2D eigenvalue weighted by atomic mass is 10.1. The van der Waals surface area contributed by atoms with Gasteiger partial charge in [-0.05, 0) is 53.9 Å². The van der Waals surface area contributed by atoms with Crippen LogP contribution >= 0.6 is 35.4 Å². The van der Waals surface area contributed by atoms with E-state index in [9.17, 15) is 0 Å². The molecule has 0 aliphatic carbocycles. The van der Waals surface area contributed by atoms with E-state index in [1.54, 1.807) is 19.2 Å². The van der Waals surface area contributed by atoms with Gasteiger partial charge in [-0.1, -0.05) is 65.8 Å². The van der Waals surface area contributed by atoms with Crippen LogP contribution in [-0.4, -0.2) is 12.1 Å². The number of hydrogen-bond acceptors (Lipinski definition) is 3. The summed E-state index contributed by atoms with van der Waals surface area (Å²) in [7, 11) is 1.61. The third kappa shape index (κ3) is 5.63. The van der Waals surface area contributed by atoms with Gasteiger partial charge in [0, 0.05) is 12.1 Å². The third-order valence-electron chi connectivity index (χ3n) is 4.50. The Bertz CT molecular complexity index is 1020. The van der Waals surface area contributed by atoms with Crippen LogP contribution in [-0.2, 0) is 13.2 Å². The van der Waals surface area contributed by atoms with Crippen LogP contribution in [0.15, 0.2) is 60.7 Å². The van der Waals surface area contributed by atoms with E-state index in [1.165, 1.54) is 11.1 Å². The van der Waals surface area contributed by atoms with Crippen molar-refractivity contribution in [1.29, 1.82) is 0 Å². The van der Waals surface area contributed by atoms with Crippen molar-refractivity contribution < 1.29 is 9.47 Å². The molecule has 1 N–H and O–H groups in total. The zero-order chi connectivity index (χ0) is 20.8. The molecule has 6 heteroatoms. The molecule has 150 valence electrons. The second-order valence-electron chi connectivity index (χ2n) is 6.51. The molecule has 0 saturated heterocycles. The molecule has 0 atom stereocenters. The molecule has 0 fully saturated rings. The number of nitrogens with one attached hydrogen (secondary N) is 1. The number of hydrogen-bond donors (Lipinski definition) is 1. The fraction of sp³-hybridized carbons (Fsp3) is 0.174. The molecule has 3 rings (SSSR count). The van der Waals surface area contributed by atoms with Crippen LogP contribution in [0.5, 0.6) is 11.5 Å². The molecule has 0 radical (unpaired) electrons. The molecule has 0 bridgehead atoms. The summed E-state index contributed by atoms with van der Waals surface area (Å²) < 4.78 is 11.4. The van der Waals surface area contributed by atoms with Crippen molar-refractivity contribution in [2.75, 3.05) is 7.11 Å². The first-order valence-corrected chi connectivity index (χ1v) is 10.2. The Morgan fingerprint density at radius 2 is 1.76 bits per heavy atom. The predicted molar refractivity (Wildman–Crippen MR) is 124 cm³/mol. The van der Waals surface area contributed by atoms with Gasteiger partial charge in [-0.15, -0.1) is 0 Å². The lowest BCUT2D eigenvalue weighted by molar-refractivity contribution is 0.284. The number of benzene rings is 3. The number of methoxy groups -OCH3 is 1. The van der Waals surface area contributed by atoms with Gasteiger partial charge in [0.25, 0.3) is 0 Å². The fourth-order valence-electron chi connectivity index (χ4n) is 2.80. The summed E-state index contributed by atoms with van der Waals surface area (Å²) in [5.41, 5.74) is 4.23. The SMILES string of the molecule is COc1cc(C(=S)NCc2ccccc2C)ccc1OCc1ccc(Cl)c(Cl)c1. The van der Waals surface area contributed by atoms with E-state index < -0.39 is 0 Å². The van der Waals surface area contributed by atoms with Crippen molar-refractivity contribution in [1.82, 2.24) is 5.32 Å². The molecule has 0 heterocycles. The minimum absolute atomic E-state index is 0.350. The topological polar surface area (TPSA) is 30.5 Å². The second-order valence-corrected chi connectivity index (χ2v) is 7.73. The molecule has 3 aromatic rings. The Kier molecular flexibility index (Phi) is 7.37. The van der Waals surface area contributed by atoms with Gasteiger partial charge in [-0.25, -0.2) is 0 Å². The first-order chi connectivity index (χ1) is 14.0. The molecular weight excluding hydrogens is 425 g/mol. The first-order valence-electron chi connectivity index (χ1n) is 9.05. The van der Waals surface area contributed by atoms with Gasteiger partial charge >= 0.3 is 0 Å². The summed E-state index contributed by atoms with van der Waals surface area (Å²) in [6.45, 7) is 3.11. The summed E-state index contributed by atoms with van der Waals surface area (Å²) >= 11 is 17.6. The zero-order valence-electron chi connectivity index (χ0n) is 16.2. The Balaban J connectivity index is 1.66. The van der Waals surface area contributed by atoms with Gasteiger partial charge < -0.3 is 14.8 Å². The molecule has 0 aliphatic heterocycles. The average Bonchev–Trinajstić information content (AvgIpc) is 2.73. The van der Waals surface area contributed by atoms with E-state index in [0.717, 1.165) is 11.1 Å². The van der Waals surface area contributed by atoms with Gasteiger partial charge in [0.05, 0.1) is 17.2 Å². The molecule has 0 spiro atoms. The Labute approximate surface area is 186 Å². The van der Waals surface area contributed by atoms with E-state index in [1.807, 2.05) is 36.4 Å². The van der Waals surface area contributed by atoms with E-state index >= 15 is 0 Å². The number of rotatable bonds is 7. The highest BCUT2D eigenvalue weighted by Gasteiger charge is 2.10. The van der Waals surface area contributed by atoms with Crippen molar-refractivity contribution in [3.8, 4) is 11.5 Å². The maximum atomic E-state index is 6.06. The van der Waals surface area contributed by atoms with Crippen LogP contribution in [0.2, 0.25) is 10.0 Å². The van der Waals surface area contributed by atoms with Gasteiger partial charge in [-0.2, -0.15) is 0 Å². The lowest BCUT2D eigenvalue weighted by Gasteiger charge is -2.14. The third-order valence-corrected chi connectivity index (χ3v) is 5.62. The summed E-state index contributed by atoms with van der Waals surface area (Å²) in [4.78, 5) is 0.655. The fourth-order valence-corrected chi connectivity index (χ4v) is 3.32. The number of ether oxygens (including phenoxy) is 2. The van der Waals surface area contributed by atoms with Crippen LogP contribution < -0.4 is 14.8 Å². The van der Waals surface area contributed by atoms with E-state index in [2.05, 4.69) is 24.4 Å². The smallest absolute Gasteiger partial charge is 0.161 e. The summed E-state index contributed by atoms with van der Waals surface area (Å²) in [5, 5.41) is 4.32. The minimum atomic E-state index is 0.350. The average molecular weight is 446 g/mol. The van der Waals surface area contributed by atoms with Crippen molar-refractivity contribution in [2.45, 2.75) is 20.1 Å². The summed E-state index contributed by atoms with van der Waals surface area (Å²) in [5.74, 6) is 1.24. The van der Waals surface area contributed by atoms with Crippen LogP contribution in [0, 0.1) is 6.92 Å². The van der Waals surface area contributed by atoms with E-state index in [-0.39, 0.29) is 0 Å². The van der Waals surface area contributed by atoms with Gasteiger partial charge in [0.15, 0.2) is 11.5 Å². The van der Waals surface area contributed by atoms with E-state index in [4.69, 9.17) is 44.9 Å². The highest BCUT2D eigenvalue weighted by atomic mass is 35.5. The van der Waals surface area contributed by atoms with E-state index in [0.29, 0.717) is 39.7 Å². The lowest BCUT2D eigenvalue weighted by Crippen LogP contribution is -2.22. The van der Waals surface area contributed by atoms with Crippen molar-refractivity contribution in [2.24, 2.45) is 0 Å². The van der Waals surface area contributed by atoms with Crippen LogP contribution in [0.3, 0.4) is 0 Å². The van der Waals surface area contributed by atoms with Gasteiger partial charge in [-0.3, -0.25) is 0 Å². The molecule has 0 unspecified atom stereocenters. The largest absolute Gasteiger partial charge is 0.493 e. The molecule has 0 saturated carbocycles. The molecule has 0 amide bonds. The molecule has 0 aliphatic rings. The Morgan fingerprint density at radius 1 is 0.966 bits per heavy atom. The summed E-state index contributed by atoms with van der Waals surface area (Å²) in [6.07, 6.45) is 0. The highest BCUT2D eigenvalue weighted by Crippen LogP contribution is 2.30. The number of halogens is 2. The van der Waals surface area contributed by atoms with Crippen LogP contribution in [0.4, 0.5) is 0 Å². The Morgan fingerprint density at radius 3 is 2.48 bits per heavy atom. The molecule has 0 aromatic heterocycles. The monoisotopic (exact) mass is 445 g/mol. The maximum absolute atomic E-state index is 6.06. The van der Waals surface area contributed by atoms with Crippen molar-refractivity contribution in [3.05, 3.63) is 93.0 Å². The van der Waals surface area contributed by atoms with Crippen LogP contribution in [0.1, 0.15) is 22.3 Å². The molecular formula is C23H21Cl2NO2S. The summed E-state index contributed by atoms with van der Waals surface area (Å²) in [6, 6.07) is 19.3. The number of aryl methyl sites for hydroxylation is 1. The molecule has 29 heavy (non-hydrogen) atoms. The van der Waals surface area contributed by atoms with Crippen molar-refractivity contribution >= 4 is 40.4 Å². The van der Waals surface area contributed by atoms with Crippen LogP contribution in [0.25, 0.3) is 0 Å². The minimum Gasteiger partial charge on any atom is -0.493 e. The second kappa shape index (κ2) is 9.97. The highest BCUT2D eigenvalue weighted by molar-refractivity contribution is 7.80. The normalized spacial score (nSPS) is 10.5. The molecule has 3 nitrogen and oxygen atoms in total. The predicted octanol–water partition coefficient (Wildman–Crippen LogP) is 6.35. The van der Waals surface area contributed by atoms with Gasteiger partial charge in [0.1, 0.15) is 11.6 Å². The Hall–Kier alpha value is -2.27. The first kappa shape index (κ1) is 21.4. The quantitative estimate of drug-likeness (QED) is 0.428. The zero-order valence-corrected chi connectivity index (χ0v) is 18.5.